The van der Waals surface area contributed by atoms with E-state index >= 15 is 0 Å². The number of ether oxygens (including phenoxy) is 1. The normalized spacial score (nSPS) is 21.8. The van der Waals surface area contributed by atoms with Gasteiger partial charge in [0.15, 0.2) is 0 Å². The van der Waals surface area contributed by atoms with Gasteiger partial charge in [0.05, 0.1) is 17.1 Å². The number of rotatable bonds is 7. The van der Waals surface area contributed by atoms with Crippen LogP contribution in [0.15, 0.2) is 29.2 Å². The number of nitrogens with two attached hydrogens (primary N) is 1. The minimum absolute atomic E-state index is 0. The number of hydrogen-bond donors (Lipinski definition) is 2. The van der Waals surface area contributed by atoms with Gasteiger partial charge in [-0.2, -0.15) is 4.31 Å². The first-order valence-corrected chi connectivity index (χ1v) is 10.8. The maximum atomic E-state index is 12.9. The molecule has 1 amide bonds. The lowest BCUT2D eigenvalue weighted by atomic mass is 10.0. The highest BCUT2D eigenvalue weighted by Crippen LogP contribution is 2.21. The van der Waals surface area contributed by atoms with Crippen LogP contribution in [-0.2, 0) is 14.8 Å². The van der Waals surface area contributed by atoms with E-state index in [0.29, 0.717) is 31.1 Å². The van der Waals surface area contributed by atoms with Crippen LogP contribution in [0.25, 0.3) is 0 Å². The molecule has 0 bridgehead atoms. The molecule has 3 atom stereocenters. The Morgan fingerprint density at radius 3 is 2.21 bits per heavy atom. The lowest BCUT2D eigenvalue weighted by molar-refractivity contribution is -0.0440. The standard InChI is InChI=1S/C19H31N3O4S.ClH/c1-13(2)9-17(10-20)21-19(23)16-5-7-18(8-6-16)27(24,25)22-11-14(3)26-15(4)12-22;/h5-8,13-15,17H,9-12,20H2,1-4H3,(H,21,23);1H. The van der Waals surface area contributed by atoms with Crippen molar-refractivity contribution in [2.24, 2.45) is 11.7 Å². The molecule has 9 heteroatoms. The molecule has 0 aromatic heterocycles. The predicted molar refractivity (Wildman–Crippen MR) is 112 cm³/mol. The van der Waals surface area contributed by atoms with Crippen molar-refractivity contribution >= 4 is 28.3 Å². The summed E-state index contributed by atoms with van der Waals surface area (Å²) in [5, 5.41) is 2.91. The smallest absolute Gasteiger partial charge is 0.251 e. The summed E-state index contributed by atoms with van der Waals surface area (Å²) in [6.07, 6.45) is 0.493. The first-order chi connectivity index (χ1) is 12.6. The molecule has 7 nitrogen and oxygen atoms in total. The fourth-order valence-electron chi connectivity index (χ4n) is 3.31. The minimum Gasteiger partial charge on any atom is -0.373 e. The van der Waals surface area contributed by atoms with Gasteiger partial charge in [0.25, 0.3) is 5.91 Å². The molecule has 1 heterocycles. The number of sulfonamides is 1. The van der Waals surface area contributed by atoms with Gasteiger partial charge in [0, 0.05) is 31.2 Å². The molecule has 1 aromatic carbocycles. The third-order valence-corrected chi connectivity index (χ3v) is 6.36. The quantitative estimate of drug-likeness (QED) is 0.684. The third kappa shape index (κ3) is 6.42. The summed E-state index contributed by atoms with van der Waals surface area (Å²) in [4.78, 5) is 12.6. The van der Waals surface area contributed by atoms with Crippen molar-refractivity contribution in [1.29, 1.82) is 0 Å². The van der Waals surface area contributed by atoms with Crippen molar-refractivity contribution in [2.75, 3.05) is 19.6 Å². The molecule has 0 radical (unpaired) electrons. The number of halogens is 1. The average Bonchev–Trinajstić information content (AvgIpc) is 2.60. The zero-order valence-corrected chi connectivity index (χ0v) is 18.6. The molecular weight excluding hydrogens is 402 g/mol. The average molecular weight is 434 g/mol. The SMILES string of the molecule is CC(C)CC(CN)NC(=O)c1ccc(S(=O)(=O)N2CC(C)OC(C)C2)cc1.Cl. The number of carbonyl (C=O) groups excluding carboxylic acids is 1. The summed E-state index contributed by atoms with van der Waals surface area (Å²) in [7, 11) is -3.61. The molecule has 1 aromatic rings. The fourth-order valence-corrected chi connectivity index (χ4v) is 4.90. The van der Waals surface area contributed by atoms with E-state index in [-0.39, 0.29) is 41.5 Å². The van der Waals surface area contributed by atoms with Crippen molar-refractivity contribution in [2.45, 2.75) is 57.3 Å². The molecule has 160 valence electrons. The van der Waals surface area contributed by atoms with E-state index in [9.17, 15) is 13.2 Å². The Balaban J connectivity index is 0.00000392. The molecule has 0 spiro atoms. The van der Waals surface area contributed by atoms with Crippen molar-refractivity contribution in [1.82, 2.24) is 9.62 Å². The number of nitrogens with one attached hydrogen (secondary N) is 1. The van der Waals surface area contributed by atoms with E-state index in [1.54, 1.807) is 12.1 Å². The fraction of sp³-hybridized carbons (Fsp3) is 0.632. The summed E-state index contributed by atoms with van der Waals surface area (Å²) >= 11 is 0. The second kappa shape index (κ2) is 10.5. The zero-order valence-electron chi connectivity index (χ0n) is 16.9. The molecule has 1 fully saturated rings. The van der Waals surface area contributed by atoms with Gasteiger partial charge >= 0.3 is 0 Å². The van der Waals surface area contributed by atoms with E-state index in [0.717, 1.165) is 6.42 Å². The lowest BCUT2D eigenvalue weighted by Crippen LogP contribution is -2.48. The number of carbonyl (C=O) groups is 1. The highest BCUT2D eigenvalue weighted by molar-refractivity contribution is 7.89. The highest BCUT2D eigenvalue weighted by Gasteiger charge is 2.32. The maximum Gasteiger partial charge on any atom is 0.251 e. The van der Waals surface area contributed by atoms with Crippen LogP contribution in [0, 0.1) is 5.92 Å². The molecule has 28 heavy (non-hydrogen) atoms. The minimum atomic E-state index is -3.61. The van der Waals surface area contributed by atoms with E-state index in [4.69, 9.17) is 10.5 Å². The third-order valence-electron chi connectivity index (χ3n) is 4.52. The summed E-state index contributed by atoms with van der Waals surface area (Å²) in [6.45, 7) is 8.87. The summed E-state index contributed by atoms with van der Waals surface area (Å²) in [5.41, 5.74) is 6.14. The van der Waals surface area contributed by atoms with Gasteiger partial charge in [0.2, 0.25) is 10.0 Å². The van der Waals surface area contributed by atoms with Crippen LogP contribution in [0.1, 0.15) is 44.5 Å². The Kier molecular flexibility index (Phi) is 9.36. The maximum absolute atomic E-state index is 12.9. The molecular formula is C19H32ClN3O4S. The van der Waals surface area contributed by atoms with Crippen LogP contribution in [-0.4, -0.2) is 56.5 Å². The Bertz CT molecular complexity index is 730. The van der Waals surface area contributed by atoms with E-state index in [1.807, 2.05) is 13.8 Å². The van der Waals surface area contributed by atoms with Crippen molar-refractivity contribution in [3.63, 3.8) is 0 Å². The van der Waals surface area contributed by atoms with Gasteiger partial charge < -0.3 is 15.8 Å². The van der Waals surface area contributed by atoms with Crippen LogP contribution >= 0.6 is 12.4 Å². The molecule has 1 aliphatic rings. The predicted octanol–water partition coefficient (Wildman–Crippen LogP) is 2.01. The van der Waals surface area contributed by atoms with Crippen LogP contribution in [0.5, 0.6) is 0 Å². The Labute approximate surface area is 174 Å². The number of morpholine rings is 1. The molecule has 0 aliphatic carbocycles. The molecule has 1 saturated heterocycles. The van der Waals surface area contributed by atoms with Crippen LogP contribution in [0.2, 0.25) is 0 Å². The van der Waals surface area contributed by atoms with Crippen molar-refractivity contribution in [3.05, 3.63) is 29.8 Å². The zero-order chi connectivity index (χ0) is 20.2. The summed E-state index contributed by atoms with van der Waals surface area (Å²) in [6, 6.07) is 5.94. The van der Waals surface area contributed by atoms with Gasteiger partial charge in [-0.3, -0.25) is 4.79 Å². The summed E-state index contributed by atoms with van der Waals surface area (Å²) < 4.78 is 32.8. The molecule has 0 saturated carbocycles. The van der Waals surface area contributed by atoms with Crippen LogP contribution in [0.3, 0.4) is 0 Å². The van der Waals surface area contributed by atoms with Crippen LogP contribution in [0.4, 0.5) is 0 Å². The Morgan fingerprint density at radius 2 is 1.75 bits per heavy atom. The molecule has 3 N–H and O–H groups in total. The highest BCUT2D eigenvalue weighted by atomic mass is 35.5. The van der Waals surface area contributed by atoms with Gasteiger partial charge in [-0.25, -0.2) is 8.42 Å². The number of benzene rings is 1. The molecule has 3 unspecified atom stereocenters. The Morgan fingerprint density at radius 1 is 1.21 bits per heavy atom. The van der Waals surface area contributed by atoms with E-state index in [1.165, 1.54) is 16.4 Å². The first kappa shape index (κ1) is 24.8. The number of nitrogens with zero attached hydrogens (tertiary/aromatic N) is 1. The molecule has 1 aliphatic heterocycles. The topological polar surface area (TPSA) is 102 Å². The Hall–Kier alpha value is -1.19. The number of hydrogen-bond acceptors (Lipinski definition) is 5. The van der Waals surface area contributed by atoms with Gasteiger partial charge in [-0.05, 0) is 50.5 Å². The first-order valence-electron chi connectivity index (χ1n) is 9.40. The molecule has 2 rings (SSSR count). The largest absolute Gasteiger partial charge is 0.373 e. The van der Waals surface area contributed by atoms with Crippen molar-refractivity contribution < 1.29 is 17.9 Å². The lowest BCUT2D eigenvalue weighted by Gasteiger charge is -2.34. The van der Waals surface area contributed by atoms with Crippen molar-refractivity contribution in [3.8, 4) is 0 Å². The van der Waals surface area contributed by atoms with Gasteiger partial charge in [-0.15, -0.1) is 12.4 Å². The van der Waals surface area contributed by atoms with Gasteiger partial charge in [0.1, 0.15) is 0 Å². The monoisotopic (exact) mass is 433 g/mol. The van der Waals surface area contributed by atoms with E-state index < -0.39 is 10.0 Å². The number of amides is 1. The van der Waals surface area contributed by atoms with Crippen LogP contribution < -0.4 is 11.1 Å². The second-order valence-corrected chi connectivity index (χ2v) is 9.58. The van der Waals surface area contributed by atoms with E-state index in [2.05, 4.69) is 19.2 Å². The summed E-state index contributed by atoms with van der Waals surface area (Å²) in [5.74, 6) is 0.174. The second-order valence-electron chi connectivity index (χ2n) is 7.64. The van der Waals surface area contributed by atoms with Gasteiger partial charge in [-0.1, -0.05) is 13.8 Å².